The Labute approximate surface area is 186 Å². The predicted molar refractivity (Wildman–Crippen MR) is 118 cm³/mol. The maximum Gasteiger partial charge on any atom is 0.339 e. The molecule has 3 aromatic rings. The molecule has 164 valence electrons. The van der Waals surface area contributed by atoms with E-state index in [1.807, 2.05) is 36.4 Å². The number of unbranched alkanes of at least 4 members (excludes halogenated alkanes) is 1. The van der Waals surface area contributed by atoms with Crippen LogP contribution in [-0.2, 0) is 20.8 Å². The minimum atomic E-state index is -0.599. The molecule has 0 N–H and O–H groups in total. The van der Waals surface area contributed by atoms with Gasteiger partial charge in [0.15, 0.2) is 0 Å². The van der Waals surface area contributed by atoms with E-state index >= 15 is 0 Å². The second-order valence-corrected chi connectivity index (χ2v) is 6.95. The third kappa shape index (κ3) is 6.80. The summed E-state index contributed by atoms with van der Waals surface area (Å²) >= 11 is 0. The van der Waals surface area contributed by atoms with E-state index < -0.39 is 11.9 Å². The molecule has 0 bridgehead atoms. The average Bonchev–Trinajstić information content (AvgIpc) is 2.85. The summed E-state index contributed by atoms with van der Waals surface area (Å²) in [5.41, 5.74) is 1.66. The molecule has 0 aliphatic rings. The van der Waals surface area contributed by atoms with Crippen molar-refractivity contribution in [3.8, 4) is 0 Å². The molecule has 0 spiro atoms. The molecular formula is C26H24O6. The number of rotatable bonds is 10. The molecule has 0 saturated carbocycles. The molecule has 0 unspecified atom stereocenters. The Morgan fingerprint density at radius 3 is 1.59 bits per heavy atom. The number of carbonyl (C=O) groups is 3. The Morgan fingerprint density at radius 2 is 1.00 bits per heavy atom. The first kappa shape index (κ1) is 22.7. The molecule has 0 heterocycles. The highest BCUT2D eigenvalue weighted by Gasteiger charge is 2.19. The average molecular weight is 432 g/mol. The van der Waals surface area contributed by atoms with Crippen molar-refractivity contribution in [2.24, 2.45) is 0 Å². The third-order valence-corrected chi connectivity index (χ3v) is 4.59. The molecule has 0 aromatic heterocycles. The van der Waals surface area contributed by atoms with E-state index in [0.717, 1.165) is 5.56 Å². The van der Waals surface area contributed by atoms with Crippen LogP contribution in [0.15, 0.2) is 84.9 Å². The maximum atomic E-state index is 12.5. The Bertz CT molecular complexity index is 1030. The predicted octanol–water partition coefficient (Wildman–Crippen LogP) is 4.84. The summed E-state index contributed by atoms with van der Waals surface area (Å²) in [5, 5.41) is 0. The maximum absolute atomic E-state index is 12.5. The molecule has 0 aliphatic carbocycles. The summed E-state index contributed by atoms with van der Waals surface area (Å²) in [6.45, 7) is 0.494. The van der Waals surface area contributed by atoms with Crippen LogP contribution in [0.25, 0.3) is 0 Å². The second kappa shape index (κ2) is 12.1. The lowest BCUT2D eigenvalue weighted by molar-refractivity contribution is 0.0416. The fourth-order valence-electron chi connectivity index (χ4n) is 2.91. The van der Waals surface area contributed by atoms with Gasteiger partial charge in [-0.2, -0.15) is 0 Å². The first-order valence-corrected chi connectivity index (χ1v) is 10.3. The molecule has 0 fully saturated rings. The van der Waals surface area contributed by atoms with Gasteiger partial charge in [0.1, 0.15) is 6.61 Å². The molecular weight excluding hydrogens is 408 g/mol. The van der Waals surface area contributed by atoms with Crippen LogP contribution in [0.1, 0.15) is 49.5 Å². The Hall–Kier alpha value is -3.93. The van der Waals surface area contributed by atoms with Crippen LogP contribution in [0, 0.1) is 0 Å². The minimum absolute atomic E-state index is 0.116. The summed E-state index contributed by atoms with van der Waals surface area (Å²) in [6.07, 6.45) is 1.07. The lowest BCUT2D eigenvalue weighted by Gasteiger charge is -2.10. The lowest BCUT2D eigenvalue weighted by Crippen LogP contribution is -2.15. The van der Waals surface area contributed by atoms with Crippen LogP contribution in [0.2, 0.25) is 0 Å². The fraction of sp³-hybridized carbons (Fsp3) is 0.192. The van der Waals surface area contributed by atoms with Gasteiger partial charge in [-0.05, 0) is 42.7 Å². The van der Waals surface area contributed by atoms with Gasteiger partial charge in [-0.3, -0.25) is 0 Å². The van der Waals surface area contributed by atoms with Crippen LogP contribution < -0.4 is 0 Å². The molecule has 32 heavy (non-hydrogen) atoms. The van der Waals surface area contributed by atoms with Crippen molar-refractivity contribution in [2.45, 2.75) is 19.4 Å². The van der Waals surface area contributed by atoms with Crippen LogP contribution in [0.5, 0.6) is 0 Å². The Morgan fingerprint density at radius 1 is 0.531 bits per heavy atom. The van der Waals surface area contributed by atoms with E-state index in [4.69, 9.17) is 14.2 Å². The molecule has 6 heteroatoms. The number of carbonyl (C=O) groups excluding carboxylic acids is 3. The highest BCUT2D eigenvalue weighted by atomic mass is 16.5. The number of hydrogen-bond donors (Lipinski definition) is 0. The van der Waals surface area contributed by atoms with Gasteiger partial charge in [-0.1, -0.05) is 60.7 Å². The van der Waals surface area contributed by atoms with Crippen molar-refractivity contribution in [1.29, 1.82) is 0 Å². The normalized spacial score (nSPS) is 10.2. The van der Waals surface area contributed by atoms with E-state index in [2.05, 4.69) is 0 Å². The zero-order valence-corrected chi connectivity index (χ0v) is 17.6. The Kier molecular flexibility index (Phi) is 8.57. The van der Waals surface area contributed by atoms with Gasteiger partial charge in [-0.25, -0.2) is 14.4 Å². The first-order chi connectivity index (χ1) is 15.6. The quantitative estimate of drug-likeness (QED) is 0.259. The molecule has 0 amide bonds. The molecule has 3 aromatic carbocycles. The minimum Gasteiger partial charge on any atom is -0.462 e. The molecule has 3 rings (SSSR count). The fourth-order valence-corrected chi connectivity index (χ4v) is 2.91. The van der Waals surface area contributed by atoms with Gasteiger partial charge in [0, 0.05) is 0 Å². The van der Waals surface area contributed by atoms with Gasteiger partial charge in [0.25, 0.3) is 0 Å². The summed E-state index contributed by atoms with van der Waals surface area (Å²) < 4.78 is 15.8. The van der Waals surface area contributed by atoms with Gasteiger partial charge in [0.2, 0.25) is 0 Å². The smallest absolute Gasteiger partial charge is 0.339 e. The van der Waals surface area contributed by atoms with Crippen LogP contribution in [0.3, 0.4) is 0 Å². The van der Waals surface area contributed by atoms with Crippen molar-refractivity contribution in [1.82, 2.24) is 0 Å². The zero-order chi connectivity index (χ0) is 22.6. The first-order valence-electron chi connectivity index (χ1n) is 10.3. The van der Waals surface area contributed by atoms with E-state index in [9.17, 15) is 14.4 Å². The van der Waals surface area contributed by atoms with Gasteiger partial charge in [0.05, 0.1) is 29.9 Å². The molecule has 0 aliphatic heterocycles. The summed E-state index contributed by atoms with van der Waals surface area (Å²) in [4.78, 5) is 36.8. The number of ether oxygens (including phenoxy) is 3. The van der Waals surface area contributed by atoms with E-state index in [0.29, 0.717) is 18.4 Å². The van der Waals surface area contributed by atoms with Crippen molar-refractivity contribution in [3.63, 3.8) is 0 Å². The van der Waals surface area contributed by atoms with Crippen molar-refractivity contribution in [3.05, 3.63) is 107 Å². The van der Waals surface area contributed by atoms with Gasteiger partial charge < -0.3 is 14.2 Å². The number of esters is 3. The largest absolute Gasteiger partial charge is 0.462 e. The monoisotopic (exact) mass is 432 g/mol. The summed E-state index contributed by atoms with van der Waals surface area (Å²) in [7, 11) is 0. The van der Waals surface area contributed by atoms with Gasteiger partial charge in [-0.15, -0.1) is 0 Å². The van der Waals surface area contributed by atoms with Crippen molar-refractivity contribution >= 4 is 17.9 Å². The molecule has 0 saturated heterocycles. The van der Waals surface area contributed by atoms with Crippen LogP contribution >= 0.6 is 0 Å². The molecule has 0 radical (unpaired) electrons. The van der Waals surface area contributed by atoms with E-state index in [-0.39, 0.29) is 36.9 Å². The molecule has 0 atom stereocenters. The lowest BCUT2D eigenvalue weighted by atomic mass is 10.1. The van der Waals surface area contributed by atoms with Crippen molar-refractivity contribution in [2.75, 3.05) is 13.2 Å². The standard InChI is InChI=1S/C26H24O6/c27-24(21-13-5-2-6-14-21)30-17-9-10-18-31-25(28)22-15-7-8-16-23(22)26(29)32-19-20-11-3-1-4-12-20/h1-8,11-16H,9-10,17-19H2. The van der Waals surface area contributed by atoms with Gasteiger partial charge >= 0.3 is 17.9 Å². The number of benzene rings is 3. The summed E-state index contributed by atoms with van der Waals surface area (Å²) in [6, 6.07) is 24.4. The zero-order valence-electron chi connectivity index (χ0n) is 17.6. The van der Waals surface area contributed by atoms with Crippen LogP contribution in [0.4, 0.5) is 0 Å². The molecule has 6 nitrogen and oxygen atoms in total. The summed E-state index contributed by atoms with van der Waals surface area (Å²) in [5.74, 6) is -1.57. The SMILES string of the molecule is O=C(OCCCCOC(=O)c1ccccc1C(=O)OCc1ccccc1)c1ccccc1. The Balaban J connectivity index is 1.42. The highest BCUT2D eigenvalue weighted by molar-refractivity contribution is 6.03. The van der Waals surface area contributed by atoms with E-state index in [1.54, 1.807) is 36.4 Å². The van der Waals surface area contributed by atoms with Crippen molar-refractivity contribution < 1.29 is 28.6 Å². The van der Waals surface area contributed by atoms with Crippen LogP contribution in [-0.4, -0.2) is 31.1 Å². The third-order valence-electron chi connectivity index (χ3n) is 4.59. The topological polar surface area (TPSA) is 78.9 Å². The number of hydrogen-bond acceptors (Lipinski definition) is 6. The van der Waals surface area contributed by atoms with E-state index in [1.165, 1.54) is 12.1 Å². The highest BCUT2D eigenvalue weighted by Crippen LogP contribution is 2.14. The second-order valence-electron chi connectivity index (χ2n) is 6.95.